The predicted molar refractivity (Wildman–Crippen MR) is 82.0 cm³/mol. The Balaban J connectivity index is 2.11. The number of aromatic nitrogens is 3. The van der Waals surface area contributed by atoms with Gasteiger partial charge in [0, 0.05) is 23.5 Å². The van der Waals surface area contributed by atoms with E-state index in [4.69, 9.17) is 0 Å². The zero-order valence-electron chi connectivity index (χ0n) is 13.2. The third kappa shape index (κ3) is 3.56. The largest absolute Gasteiger partial charge is 0.416 e. The normalized spacial score (nSPS) is 12.4. The number of halogens is 6. The molecular formula is C17H11F6N3. The lowest BCUT2D eigenvalue weighted by Gasteiger charge is -2.13. The minimum Gasteiger partial charge on any atom is -0.338 e. The average Bonchev–Trinajstić information content (AvgIpc) is 3.03. The van der Waals surface area contributed by atoms with E-state index in [0.717, 1.165) is 5.56 Å². The second-order valence-corrected chi connectivity index (χ2v) is 5.63. The average molecular weight is 371 g/mol. The number of pyridine rings is 1. The van der Waals surface area contributed by atoms with Crippen molar-refractivity contribution in [2.24, 2.45) is 0 Å². The Hall–Kier alpha value is -2.84. The molecule has 9 heteroatoms. The SMILES string of the molecule is Cc1ccncc1-c1cnc(-c2cc(C(F)(F)F)cc(C(F)(F)F)c2)[nH]1. The van der Waals surface area contributed by atoms with E-state index in [1.807, 2.05) is 0 Å². The molecule has 0 unspecified atom stereocenters. The topological polar surface area (TPSA) is 41.6 Å². The fourth-order valence-corrected chi connectivity index (χ4v) is 2.44. The molecule has 0 aliphatic heterocycles. The highest BCUT2D eigenvalue weighted by molar-refractivity contribution is 5.67. The fraction of sp³-hybridized carbons (Fsp3) is 0.176. The Morgan fingerprint density at radius 1 is 0.885 bits per heavy atom. The second kappa shape index (κ2) is 6.15. The van der Waals surface area contributed by atoms with Crippen LogP contribution in [0.25, 0.3) is 22.6 Å². The maximum atomic E-state index is 13.0. The Morgan fingerprint density at radius 2 is 1.50 bits per heavy atom. The van der Waals surface area contributed by atoms with Crippen LogP contribution in [-0.4, -0.2) is 15.0 Å². The molecule has 0 atom stereocenters. The number of rotatable bonds is 2. The predicted octanol–water partition coefficient (Wildman–Crippen LogP) is 5.48. The van der Waals surface area contributed by atoms with Crippen LogP contribution in [-0.2, 0) is 12.4 Å². The van der Waals surface area contributed by atoms with Gasteiger partial charge in [-0.15, -0.1) is 0 Å². The molecule has 3 rings (SSSR count). The van der Waals surface area contributed by atoms with E-state index in [9.17, 15) is 26.3 Å². The lowest BCUT2D eigenvalue weighted by atomic mass is 10.0. The molecule has 2 heterocycles. The molecule has 3 aromatic rings. The number of aryl methyl sites for hydroxylation is 1. The number of imidazole rings is 1. The minimum absolute atomic E-state index is 0.0820. The maximum absolute atomic E-state index is 13.0. The van der Waals surface area contributed by atoms with Gasteiger partial charge in [0.1, 0.15) is 5.82 Å². The number of nitrogens with zero attached hydrogens (tertiary/aromatic N) is 2. The Bertz CT molecular complexity index is 908. The summed E-state index contributed by atoms with van der Waals surface area (Å²) in [7, 11) is 0. The number of alkyl halides is 6. The molecular weight excluding hydrogens is 360 g/mol. The molecule has 3 nitrogen and oxygen atoms in total. The summed E-state index contributed by atoms with van der Waals surface area (Å²) in [4.78, 5) is 10.6. The number of benzene rings is 1. The van der Waals surface area contributed by atoms with Gasteiger partial charge in [0.15, 0.2) is 0 Å². The van der Waals surface area contributed by atoms with Crippen molar-refractivity contribution in [1.29, 1.82) is 0 Å². The van der Waals surface area contributed by atoms with E-state index in [-0.39, 0.29) is 17.5 Å². The summed E-state index contributed by atoms with van der Waals surface area (Å²) in [6.45, 7) is 1.80. The first kappa shape index (κ1) is 18.0. The molecule has 0 fully saturated rings. The quantitative estimate of drug-likeness (QED) is 0.606. The van der Waals surface area contributed by atoms with Gasteiger partial charge in [0.2, 0.25) is 0 Å². The third-order valence-corrected chi connectivity index (χ3v) is 3.77. The molecule has 0 saturated heterocycles. The second-order valence-electron chi connectivity index (χ2n) is 5.63. The molecule has 0 saturated carbocycles. The molecule has 0 aliphatic carbocycles. The van der Waals surface area contributed by atoms with Crippen LogP contribution in [0.1, 0.15) is 16.7 Å². The van der Waals surface area contributed by atoms with Crippen LogP contribution in [0, 0.1) is 6.92 Å². The first-order valence-electron chi connectivity index (χ1n) is 7.31. The summed E-state index contributed by atoms with van der Waals surface area (Å²) >= 11 is 0. The lowest BCUT2D eigenvalue weighted by Crippen LogP contribution is -2.11. The zero-order valence-corrected chi connectivity index (χ0v) is 13.2. The van der Waals surface area contributed by atoms with E-state index in [1.54, 1.807) is 19.2 Å². The van der Waals surface area contributed by atoms with Crippen LogP contribution in [0.15, 0.2) is 42.9 Å². The van der Waals surface area contributed by atoms with Crippen molar-refractivity contribution in [2.75, 3.05) is 0 Å². The van der Waals surface area contributed by atoms with Crippen LogP contribution in [0.4, 0.5) is 26.3 Å². The number of hydrogen-bond donors (Lipinski definition) is 1. The van der Waals surface area contributed by atoms with Crippen LogP contribution < -0.4 is 0 Å². The monoisotopic (exact) mass is 371 g/mol. The van der Waals surface area contributed by atoms with Crippen molar-refractivity contribution < 1.29 is 26.3 Å². The van der Waals surface area contributed by atoms with Gasteiger partial charge in [-0.05, 0) is 36.8 Å². The van der Waals surface area contributed by atoms with Crippen molar-refractivity contribution in [1.82, 2.24) is 15.0 Å². The summed E-state index contributed by atoms with van der Waals surface area (Å²) in [6.07, 6.45) is -5.39. The molecule has 0 amide bonds. The molecule has 0 spiro atoms. The molecule has 1 aromatic carbocycles. The Labute approximate surface area is 143 Å². The number of hydrogen-bond acceptors (Lipinski definition) is 2. The van der Waals surface area contributed by atoms with Gasteiger partial charge >= 0.3 is 12.4 Å². The van der Waals surface area contributed by atoms with Crippen molar-refractivity contribution >= 4 is 0 Å². The first-order valence-corrected chi connectivity index (χ1v) is 7.31. The molecule has 0 bridgehead atoms. The van der Waals surface area contributed by atoms with E-state index in [2.05, 4.69) is 15.0 Å². The minimum atomic E-state index is -4.91. The Morgan fingerprint density at radius 3 is 2.04 bits per heavy atom. The highest BCUT2D eigenvalue weighted by Crippen LogP contribution is 2.38. The molecule has 0 aliphatic rings. The van der Waals surface area contributed by atoms with Gasteiger partial charge in [0.05, 0.1) is 23.0 Å². The molecule has 0 radical (unpaired) electrons. The summed E-state index contributed by atoms with van der Waals surface area (Å²) in [5, 5.41) is 0. The van der Waals surface area contributed by atoms with Crippen LogP contribution in [0.3, 0.4) is 0 Å². The van der Waals surface area contributed by atoms with Gasteiger partial charge in [0.25, 0.3) is 0 Å². The summed E-state index contributed by atoms with van der Waals surface area (Å²) in [5.74, 6) is -0.0974. The van der Waals surface area contributed by atoms with Crippen molar-refractivity contribution in [2.45, 2.75) is 19.3 Å². The van der Waals surface area contributed by atoms with Crippen molar-refractivity contribution in [3.05, 3.63) is 59.5 Å². The first-order chi connectivity index (χ1) is 12.1. The molecule has 1 N–H and O–H groups in total. The lowest BCUT2D eigenvalue weighted by molar-refractivity contribution is -0.143. The van der Waals surface area contributed by atoms with Crippen LogP contribution in [0.2, 0.25) is 0 Å². The van der Waals surface area contributed by atoms with E-state index in [1.165, 1.54) is 12.4 Å². The molecule has 2 aromatic heterocycles. The fourth-order valence-electron chi connectivity index (χ4n) is 2.44. The van der Waals surface area contributed by atoms with E-state index < -0.39 is 23.5 Å². The Kier molecular flexibility index (Phi) is 4.25. The summed E-state index contributed by atoms with van der Waals surface area (Å²) in [5.41, 5.74) is -1.17. The van der Waals surface area contributed by atoms with Gasteiger partial charge in [-0.25, -0.2) is 4.98 Å². The van der Waals surface area contributed by atoms with Crippen molar-refractivity contribution in [3.8, 4) is 22.6 Å². The van der Waals surface area contributed by atoms with Gasteiger partial charge in [-0.3, -0.25) is 4.98 Å². The zero-order chi connectivity index (χ0) is 19.1. The van der Waals surface area contributed by atoms with Crippen molar-refractivity contribution in [3.63, 3.8) is 0 Å². The highest BCUT2D eigenvalue weighted by atomic mass is 19.4. The smallest absolute Gasteiger partial charge is 0.338 e. The number of nitrogens with one attached hydrogen (secondary N) is 1. The summed E-state index contributed by atoms with van der Waals surface area (Å²) < 4.78 is 77.8. The van der Waals surface area contributed by atoms with E-state index in [0.29, 0.717) is 23.4 Å². The molecule has 136 valence electrons. The standard InChI is InChI=1S/C17H11F6N3/c1-9-2-3-24-7-13(9)14-8-25-15(26-14)10-4-11(16(18,19)20)6-12(5-10)17(21,22)23/h2-8H,1H3,(H,25,26). The van der Waals surface area contributed by atoms with Crippen LogP contribution >= 0.6 is 0 Å². The maximum Gasteiger partial charge on any atom is 0.416 e. The van der Waals surface area contributed by atoms with Gasteiger partial charge < -0.3 is 4.98 Å². The summed E-state index contributed by atoms with van der Waals surface area (Å²) in [6, 6.07) is 3.07. The van der Waals surface area contributed by atoms with Crippen LogP contribution in [0.5, 0.6) is 0 Å². The highest BCUT2D eigenvalue weighted by Gasteiger charge is 2.37. The number of aromatic amines is 1. The van der Waals surface area contributed by atoms with E-state index >= 15 is 0 Å². The third-order valence-electron chi connectivity index (χ3n) is 3.77. The molecule has 26 heavy (non-hydrogen) atoms. The van der Waals surface area contributed by atoms with Gasteiger partial charge in [-0.2, -0.15) is 26.3 Å². The number of H-pyrrole nitrogens is 1. The van der Waals surface area contributed by atoms with Gasteiger partial charge in [-0.1, -0.05) is 0 Å².